The lowest BCUT2D eigenvalue weighted by Crippen LogP contribution is -2.43. The van der Waals surface area contributed by atoms with Crippen LogP contribution in [0.2, 0.25) is 0 Å². The molecule has 1 aromatic carbocycles. The molecule has 0 unspecified atom stereocenters. The van der Waals surface area contributed by atoms with Gasteiger partial charge < -0.3 is 20.3 Å². The maximum absolute atomic E-state index is 11.7. The smallest absolute Gasteiger partial charge is 0.227 e. The number of carbonyl (C=O) groups excluding carboxylic acids is 1. The van der Waals surface area contributed by atoms with Gasteiger partial charge in [-0.05, 0) is 24.1 Å². The average molecular weight is 275 g/mol. The Balaban J connectivity index is 1.98. The van der Waals surface area contributed by atoms with E-state index in [1.54, 1.807) is 0 Å². The van der Waals surface area contributed by atoms with E-state index in [1.807, 2.05) is 6.07 Å². The SMILES string of the molecule is CCc1cc(N2CCNCC2)cc2c1OCCC(=O)N2. The molecule has 5 nitrogen and oxygen atoms in total. The molecule has 20 heavy (non-hydrogen) atoms. The van der Waals surface area contributed by atoms with E-state index in [4.69, 9.17) is 4.74 Å². The number of hydrogen-bond acceptors (Lipinski definition) is 4. The zero-order chi connectivity index (χ0) is 13.9. The molecule has 0 atom stereocenters. The summed E-state index contributed by atoms with van der Waals surface area (Å²) in [5.74, 6) is 0.875. The molecule has 2 N–H and O–H groups in total. The van der Waals surface area contributed by atoms with E-state index in [9.17, 15) is 4.79 Å². The second kappa shape index (κ2) is 5.71. The number of hydrogen-bond donors (Lipinski definition) is 2. The zero-order valence-corrected chi connectivity index (χ0v) is 11.9. The standard InChI is InChI=1S/C15H21N3O2/c1-2-11-9-12(18-6-4-16-5-7-18)10-13-15(11)20-8-3-14(19)17-13/h9-10,16H,2-8H2,1H3,(H,17,19). The summed E-state index contributed by atoms with van der Waals surface area (Å²) < 4.78 is 5.77. The third-order valence-electron chi connectivity index (χ3n) is 3.86. The zero-order valence-electron chi connectivity index (χ0n) is 11.9. The molecule has 1 aromatic rings. The average Bonchev–Trinajstić information content (AvgIpc) is 2.67. The lowest BCUT2D eigenvalue weighted by atomic mass is 10.1. The van der Waals surface area contributed by atoms with Crippen LogP contribution >= 0.6 is 0 Å². The highest BCUT2D eigenvalue weighted by molar-refractivity contribution is 5.94. The molecular weight excluding hydrogens is 254 g/mol. The minimum absolute atomic E-state index is 0.0308. The van der Waals surface area contributed by atoms with Crippen molar-refractivity contribution in [1.82, 2.24) is 5.32 Å². The monoisotopic (exact) mass is 275 g/mol. The molecule has 1 amide bonds. The van der Waals surface area contributed by atoms with Gasteiger partial charge in [0.2, 0.25) is 5.91 Å². The molecule has 1 saturated heterocycles. The molecular formula is C15H21N3O2. The molecule has 108 valence electrons. The summed E-state index contributed by atoms with van der Waals surface area (Å²) in [6.45, 7) is 6.57. The highest BCUT2D eigenvalue weighted by Crippen LogP contribution is 2.36. The Hall–Kier alpha value is -1.75. The van der Waals surface area contributed by atoms with E-state index in [2.05, 4.69) is 28.5 Å². The van der Waals surface area contributed by atoms with E-state index < -0.39 is 0 Å². The number of amides is 1. The predicted octanol–water partition coefficient (Wildman–Crippen LogP) is 1.38. The van der Waals surface area contributed by atoms with Gasteiger partial charge in [-0.3, -0.25) is 4.79 Å². The highest BCUT2D eigenvalue weighted by atomic mass is 16.5. The Morgan fingerprint density at radius 1 is 1.30 bits per heavy atom. The lowest BCUT2D eigenvalue weighted by molar-refractivity contribution is -0.116. The summed E-state index contributed by atoms with van der Waals surface area (Å²) >= 11 is 0. The summed E-state index contributed by atoms with van der Waals surface area (Å²) in [6, 6.07) is 4.24. The van der Waals surface area contributed by atoms with E-state index in [1.165, 1.54) is 11.3 Å². The number of rotatable bonds is 2. The molecule has 2 heterocycles. The maximum Gasteiger partial charge on any atom is 0.227 e. The minimum atomic E-state index is 0.0308. The molecule has 1 fully saturated rings. The van der Waals surface area contributed by atoms with Gasteiger partial charge >= 0.3 is 0 Å². The number of aryl methyl sites for hydroxylation is 1. The third kappa shape index (κ3) is 2.58. The fraction of sp³-hybridized carbons (Fsp3) is 0.533. The number of anilines is 2. The van der Waals surface area contributed by atoms with Gasteiger partial charge in [-0.15, -0.1) is 0 Å². The maximum atomic E-state index is 11.7. The van der Waals surface area contributed by atoms with Gasteiger partial charge in [0.1, 0.15) is 5.75 Å². The van der Waals surface area contributed by atoms with Crippen LogP contribution in [0.4, 0.5) is 11.4 Å². The first kappa shape index (κ1) is 13.2. The minimum Gasteiger partial charge on any atom is -0.491 e. The Morgan fingerprint density at radius 2 is 2.10 bits per heavy atom. The van der Waals surface area contributed by atoms with E-state index in [0.717, 1.165) is 44.0 Å². The number of fused-ring (bicyclic) bond motifs is 1. The van der Waals surface area contributed by atoms with Crippen LogP contribution in [0.25, 0.3) is 0 Å². The van der Waals surface area contributed by atoms with Crippen LogP contribution in [0.5, 0.6) is 5.75 Å². The van der Waals surface area contributed by atoms with Crippen molar-refractivity contribution < 1.29 is 9.53 Å². The van der Waals surface area contributed by atoms with Crippen molar-refractivity contribution in [3.05, 3.63) is 17.7 Å². The largest absolute Gasteiger partial charge is 0.491 e. The van der Waals surface area contributed by atoms with Gasteiger partial charge in [0, 0.05) is 31.9 Å². The van der Waals surface area contributed by atoms with Crippen LogP contribution in [0, 0.1) is 0 Å². The normalized spacial score (nSPS) is 18.9. The number of benzene rings is 1. The number of carbonyl (C=O) groups is 1. The van der Waals surface area contributed by atoms with Gasteiger partial charge in [0.25, 0.3) is 0 Å². The summed E-state index contributed by atoms with van der Waals surface area (Å²) in [5, 5.41) is 6.33. The van der Waals surface area contributed by atoms with Crippen molar-refractivity contribution in [2.45, 2.75) is 19.8 Å². The summed E-state index contributed by atoms with van der Waals surface area (Å²) in [6.07, 6.45) is 1.32. The molecule has 0 aliphatic carbocycles. The van der Waals surface area contributed by atoms with Gasteiger partial charge in [-0.2, -0.15) is 0 Å². The van der Waals surface area contributed by atoms with Crippen LogP contribution < -0.4 is 20.3 Å². The van der Waals surface area contributed by atoms with Crippen molar-refractivity contribution in [1.29, 1.82) is 0 Å². The molecule has 2 aliphatic rings. The molecule has 3 rings (SSSR count). The van der Waals surface area contributed by atoms with Crippen LogP contribution in [-0.2, 0) is 11.2 Å². The fourth-order valence-corrected chi connectivity index (χ4v) is 2.76. The number of ether oxygens (including phenoxy) is 1. The summed E-state index contributed by atoms with van der Waals surface area (Å²) in [4.78, 5) is 14.1. The molecule has 0 bridgehead atoms. The molecule has 0 aromatic heterocycles. The van der Waals surface area contributed by atoms with Crippen LogP contribution in [0.1, 0.15) is 18.9 Å². The quantitative estimate of drug-likeness (QED) is 0.856. The van der Waals surface area contributed by atoms with Gasteiger partial charge in [0.05, 0.1) is 18.7 Å². The third-order valence-corrected chi connectivity index (χ3v) is 3.86. The van der Waals surface area contributed by atoms with Gasteiger partial charge in [-0.1, -0.05) is 6.92 Å². The second-order valence-electron chi connectivity index (χ2n) is 5.22. The van der Waals surface area contributed by atoms with Crippen molar-refractivity contribution >= 4 is 17.3 Å². The van der Waals surface area contributed by atoms with Crippen LogP contribution in [0.3, 0.4) is 0 Å². The Bertz CT molecular complexity index is 510. The Morgan fingerprint density at radius 3 is 2.85 bits per heavy atom. The lowest BCUT2D eigenvalue weighted by Gasteiger charge is -2.30. The first-order chi connectivity index (χ1) is 9.78. The highest BCUT2D eigenvalue weighted by Gasteiger charge is 2.20. The Labute approximate surface area is 119 Å². The molecule has 2 aliphatic heterocycles. The molecule has 0 spiro atoms. The first-order valence-corrected chi connectivity index (χ1v) is 7.33. The van der Waals surface area contributed by atoms with E-state index >= 15 is 0 Å². The molecule has 0 saturated carbocycles. The number of piperazine rings is 1. The Kier molecular flexibility index (Phi) is 3.78. The van der Waals surface area contributed by atoms with E-state index in [0.29, 0.717) is 13.0 Å². The van der Waals surface area contributed by atoms with Crippen molar-refractivity contribution in [2.24, 2.45) is 0 Å². The summed E-state index contributed by atoms with van der Waals surface area (Å²) in [7, 11) is 0. The first-order valence-electron chi connectivity index (χ1n) is 7.33. The molecule has 5 heteroatoms. The topological polar surface area (TPSA) is 53.6 Å². The van der Waals surface area contributed by atoms with E-state index in [-0.39, 0.29) is 5.91 Å². The number of nitrogens with zero attached hydrogens (tertiary/aromatic N) is 1. The van der Waals surface area contributed by atoms with Gasteiger partial charge in [0.15, 0.2) is 0 Å². The number of nitrogens with one attached hydrogen (secondary N) is 2. The van der Waals surface area contributed by atoms with Crippen LogP contribution in [0.15, 0.2) is 12.1 Å². The summed E-state index contributed by atoms with van der Waals surface area (Å²) in [5.41, 5.74) is 3.16. The fourth-order valence-electron chi connectivity index (χ4n) is 2.76. The van der Waals surface area contributed by atoms with Crippen LogP contribution in [-0.4, -0.2) is 38.7 Å². The second-order valence-corrected chi connectivity index (χ2v) is 5.22. The van der Waals surface area contributed by atoms with Crippen molar-refractivity contribution in [3.63, 3.8) is 0 Å². The molecule has 0 radical (unpaired) electrons. The van der Waals surface area contributed by atoms with Crippen molar-refractivity contribution in [3.8, 4) is 5.75 Å². The van der Waals surface area contributed by atoms with Crippen molar-refractivity contribution in [2.75, 3.05) is 43.0 Å². The predicted molar refractivity (Wildman–Crippen MR) is 79.6 cm³/mol. The van der Waals surface area contributed by atoms with Gasteiger partial charge in [-0.25, -0.2) is 0 Å².